The molecule has 20 heavy (non-hydrogen) atoms. The fraction of sp³-hybridized carbons (Fsp3) is 0.364. The molecule has 0 atom stereocenters. The third-order valence-corrected chi connectivity index (χ3v) is 6.45. The summed E-state index contributed by atoms with van der Waals surface area (Å²) in [5.41, 5.74) is 2.11. The van der Waals surface area contributed by atoms with E-state index in [1.807, 2.05) is 11.4 Å². The molecule has 0 aliphatic carbocycles. The van der Waals surface area contributed by atoms with Gasteiger partial charge in [0.25, 0.3) is 10.0 Å². The summed E-state index contributed by atoms with van der Waals surface area (Å²) in [7, 11) is -2.12. The van der Waals surface area contributed by atoms with Crippen LogP contribution in [0.3, 0.4) is 0 Å². The molecule has 0 aliphatic heterocycles. The first-order chi connectivity index (χ1) is 9.36. The van der Waals surface area contributed by atoms with Crippen LogP contribution in [0.4, 0.5) is 0 Å². The van der Waals surface area contributed by atoms with Crippen molar-refractivity contribution in [2.75, 3.05) is 7.05 Å². The molecule has 0 radical (unpaired) electrons. The second-order valence-corrected chi connectivity index (χ2v) is 8.80. The maximum Gasteiger partial charge on any atom is 0.262 e. The van der Waals surface area contributed by atoms with Crippen molar-refractivity contribution in [1.29, 1.82) is 0 Å². The van der Waals surface area contributed by atoms with E-state index in [1.165, 1.54) is 22.7 Å². The van der Waals surface area contributed by atoms with E-state index in [4.69, 9.17) is 11.6 Å². The lowest BCUT2D eigenvalue weighted by atomic mass is 10.3. The minimum absolute atomic E-state index is 0.00166. The normalized spacial score (nSPS) is 12.2. The summed E-state index contributed by atoms with van der Waals surface area (Å²) in [5, 5.41) is 8.46. The molecule has 0 fully saturated rings. The van der Waals surface area contributed by atoms with Crippen LogP contribution in [0.2, 0.25) is 0 Å². The van der Waals surface area contributed by atoms with Gasteiger partial charge in [-0.1, -0.05) is 0 Å². The number of aromatic nitrogens is 2. The lowest BCUT2D eigenvalue weighted by Crippen LogP contribution is -2.27. The highest BCUT2D eigenvalue weighted by molar-refractivity contribution is 9.11. The maximum atomic E-state index is 12.5. The van der Waals surface area contributed by atoms with Crippen molar-refractivity contribution in [1.82, 2.24) is 14.5 Å². The number of nitrogens with zero attached hydrogens (tertiary/aromatic N) is 2. The highest BCUT2D eigenvalue weighted by Gasteiger charge is 2.28. The largest absolute Gasteiger partial charge is 0.281 e. The van der Waals surface area contributed by atoms with Crippen molar-refractivity contribution in [2.45, 2.75) is 24.4 Å². The third-order valence-electron chi connectivity index (χ3n) is 2.85. The Bertz CT molecular complexity index is 711. The van der Waals surface area contributed by atoms with Gasteiger partial charge < -0.3 is 0 Å². The lowest BCUT2D eigenvalue weighted by Gasteiger charge is -2.15. The Balaban J connectivity index is 2.29. The zero-order valence-corrected chi connectivity index (χ0v) is 14.8. The van der Waals surface area contributed by atoms with E-state index in [0.717, 1.165) is 9.35 Å². The Morgan fingerprint density at radius 3 is 2.80 bits per heavy atom. The highest BCUT2D eigenvalue weighted by atomic mass is 79.9. The van der Waals surface area contributed by atoms with E-state index in [1.54, 1.807) is 6.92 Å². The summed E-state index contributed by atoms with van der Waals surface area (Å²) in [6, 6.07) is 1.90. The van der Waals surface area contributed by atoms with Gasteiger partial charge in [-0.05, 0) is 39.9 Å². The van der Waals surface area contributed by atoms with Crippen molar-refractivity contribution in [3.63, 3.8) is 0 Å². The van der Waals surface area contributed by atoms with Crippen LogP contribution in [-0.4, -0.2) is 30.0 Å². The molecule has 2 rings (SSSR count). The Labute approximate surface area is 135 Å². The van der Waals surface area contributed by atoms with E-state index < -0.39 is 10.0 Å². The molecule has 0 spiro atoms. The van der Waals surface area contributed by atoms with Crippen LogP contribution >= 0.6 is 38.9 Å². The van der Waals surface area contributed by atoms with Crippen molar-refractivity contribution in [3.8, 4) is 0 Å². The molecule has 0 amide bonds. The van der Waals surface area contributed by atoms with Crippen LogP contribution in [-0.2, 0) is 22.4 Å². The van der Waals surface area contributed by atoms with E-state index in [-0.39, 0.29) is 17.5 Å². The Kier molecular flexibility index (Phi) is 4.91. The monoisotopic (exact) mass is 397 g/mol. The summed E-state index contributed by atoms with van der Waals surface area (Å²) in [6.07, 6.45) is 0. The average Bonchev–Trinajstić information content (AvgIpc) is 2.95. The minimum Gasteiger partial charge on any atom is -0.281 e. The third kappa shape index (κ3) is 3.09. The topological polar surface area (TPSA) is 66.1 Å². The van der Waals surface area contributed by atoms with Crippen LogP contribution in [0.1, 0.15) is 16.8 Å². The summed E-state index contributed by atoms with van der Waals surface area (Å²) in [6.45, 7) is 2.04. The summed E-state index contributed by atoms with van der Waals surface area (Å²) in [5.74, 6) is 0.106. The van der Waals surface area contributed by atoms with Crippen LogP contribution < -0.4 is 0 Å². The van der Waals surface area contributed by atoms with Gasteiger partial charge in [-0.2, -0.15) is 9.40 Å². The molecule has 9 heteroatoms. The van der Waals surface area contributed by atoms with Gasteiger partial charge in [-0.25, -0.2) is 8.42 Å². The molecule has 2 aromatic rings. The molecule has 0 saturated carbocycles. The van der Waals surface area contributed by atoms with Gasteiger partial charge in [0.05, 0.1) is 9.67 Å². The quantitative estimate of drug-likeness (QED) is 0.787. The van der Waals surface area contributed by atoms with Crippen molar-refractivity contribution in [3.05, 3.63) is 32.1 Å². The molecule has 0 unspecified atom stereocenters. The number of rotatable bonds is 5. The molecule has 0 aromatic carbocycles. The molecule has 0 bridgehead atoms. The zero-order chi connectivity index (χ0) is 14.9. The van der Waals surface area contributed by atoms with Gasteiger partial charge in [0, 0.05) is 24.8 Å². The zero-order valence-electron chi connectivity index (χ0n) is 10.9. The number of nitrogens with one attached hydrogen (secondary N) is 1. The first-order valence-electron chi connectivity index (χ1n) is 5.65. The van der Waals surface area contributed by atoms with E-state index >= 15 is 0 Å². The maximum absolute atomic E-state index is 12.5. The number of alkyl halides is 1. The second-order valence-electron chi connectivity index (χ2n) is 4.29. The fourth-order valence-electron chi connectivity index (χ4n) is 1.72. The second kappa shape index (κ2) is 6.15. The number of hydrogen-bond acceptors (Lipinski definition) is 4. The molecule has 110 valence electrons. The van der Waals surface area contributed by atoms with E-state index in [0.29, 0.717) is 11.3 Å². The van der Waals surface area contributed by atoms with Gasteiger partial charge in [-0.3, -0.25) is 5.10 Å². The van der Waals surface area contributed by atoms with Crippen LogP contribution in [0, 0.1) is 6.92 Å². The number of halogens is 2. The Hall–Kier alpha value is -0.410. The molecule has 5 nitrogen and oxygen atoms in total. The number of sulfonamides is 1. The van der Waals surface area contributed by atoms with Gasteiger partial charge in [0.15, 0.2) is 5.03 Å². The van der Waals surface area contributed by atoms with Crippen molar-refractivity contribution < 1.29 is 8.42 Å². The SMILES string of the molecule is Cc1[nH]nc(S(=O)(=O)N(C)Cc2csc(Br)c2)c1CCl. The molecule has 1 N–H and O–H groups in total. The number of thiophene rings is 1. The highest BCUT2D eigenvalue weighted by Crippen LogP contribution is 2.25. The van der Waals surface area contributed by atoms with Gasteiger partial charge in [0.2, 0.25) is 0 Å². The first-order valence-corrected chi connectivity index (χ1v) is 9.30. The number of H-pyrrole nitrogens is 1. The minimum atomic E-state index is -3.65. The molecule has 2 aromatic heterocycles. The Morgan fingerprint density at radius 2 is 2.25 bits per heavy atom. The van der Waals surface area contributed by atoms with Crippen LogP contribution in [0.25, 0.3) is 0 Å². The Morgan fingerprint density at radius 1 is 1.55 bits per heavy atom. The molecular formula is C11H13BrClN3O2S2. The molecule has 2 heterocycles. The van der Waals surface area contributed by atoms with Gasteiger partial charge in [-0.15, -0.1) is 22.9 Å². The van der Waals surface area contributed by atoms with Crippen molar-refractivity contribution in [2.24, 2.45) is 0 Å². The standard InChI is InChI=1S/C11H13BrClN3O2S2/c1-7-9(4-13)11(15-14-7)20(17,18)16(2)5-8-3-10(12)19-6-8/h3,6H,4-5H2,1-2H3,(H,14,15). The molecule has 0 saturated heterocycles. The number of aryl methyl sites for hydroxylation is 1. The summed E-state index contributed by atoms with van der Waals surface area (Å²) >= 11 is 10.7. The summed E-state index contributed by atoms with van der Waals surface area (Å²) in [4.78, 5) is 0. The predicted molar refractivity (Wildman–Crippen MR) is 83.6 cm³/mol. The number of hydrogen-bond donors (Lipinski definition) is 1. The summed E-state index contributed by atoms with van der Waals surface area (Å²) < 4.78 is 27.3. The number of aromatic amines is 1. The lowest BCUT2D eigenvalue weighted by molar-refractivity contribution is 0.463. The van der Waals surface area contributed by atoms with E-state index in [9.17, 15) is 8.42 Å². The van der Waals surface area contributed by atoms with Gasteiger partial charge >= 0.3 is 0 Å². The average molecular weight is 399 g/mol. The predicted octanol–water partition coefficient (Wildman–Crippen LogP) is 3.10. The van der Waals surface area contributed by atoms with Gasteiger partial charge in [0.1, 0.15) is 0 Å². The smallest absolute Gasteiger partial charge is 0.262 e. The molecular weight excluding hydrogens is 386 g/mol. The fourth-order valence-corrected chi connectivity index (χ4v) is 4.64. The van der Waals surface area contributed by atoms with Crippen molar-refractivity contribution >= 4 is 48.9 Å². The first kappa shape index (κ1) is 16.0. The molecule has 0 aliphatic rings. The van der Waals surface area contributed by atoms with Crippen LogP contribution in [0.15, 0.2) is 20.3 Å². The van der Waals surface area contributed by atoms with E-state index in [2.05, 4.69) is 26.1 Å². The van der Waals surface area contributed by atoms with Crippen LogP contribution in [0.5, 0.6) is 0 Å².